The van der Waals surface area contributed by atoms with Crippen LogP contribution in [0.1, 0.15) is 5.76 Å². The van der Waals surface area contributed by atoms with Gasteiger partial charge in [0.2, 0.25) is 0 Å². The number of aromatic nitrogens is 1. The Labute approximate surface area is 97.0 Å². The molecule has 2 rings (SSSR count). The van der Waals surface area contributed by atoms with E-state index < -0.39 is 0 Å². The van der Waals surface area contributed by atoms with Crippen LogP contribution in [0.3, 0.4) is 0 Å². The standard InChI is InChI=1S/C10H8Cl2N2O/c11-7-4-9(12)10(13-5-7)14-6-8-2-1-3-15-8/h1-5H,6H2,(H,13,14). The van der Waals surface area contributed by atoms with Gasteiger partial charge in [0.15, 0.2) is 0 Å². The number of anilines is 1. The molecule has 5 heteroatoms. The molecule has 0 fully saturated rings. The van der Waals surface area contributed by atoms with Crippen LogP contribution in [-0.2, 0) is 6.54 Å². The highest BCUT2D eigenvalue weighted by Crippen LogP contribution is 2.22. The lowest BCUT2D eigenvalue weighted by Crippen LogP contribution is -2.00. The number of hydrogen-bond donors (Lipinski definition) is 1. The predicted octanol–water partition coefficient (Wildman–Crippen LogP) is 3.59. The summed E-state index contributed by atoms with van der Waals surface area (Å²) in [7, 11) is 0. The molecule has 2 heterocycles. The zero-order valence-electron chi connectivity index (χ0n) is 7.71. The summed E-state index contributed by atoms with van der Waals surface area (Å²) in [5.41, 5.74) is 0. The first kappa shape index (κ1) is 10.3. The number of furan rings is 1. The van der Waals surface area contributed by atoms with Crippen molar-refractivity contribution >= 4 is 29.0 Å². The quantitative estimate of drug-likeness (QED) is 0.894. The van der Waals surface area contributed by atoms with Crippen molar-refractivity contribution in [2.45, 2.75) is 6.54 Å². The zero-order valence-corrected chi connectivity index (χ0v) is 9.22. The summed E-state index contributed by atoms with van der Waals surface area (Å²) in [5.74, 6) is 1.42. The third-order valence-corrected chi connectivity index (χ3v) is 2.31. The summed E-state index contributed by atoms with van der Waals surface area (Å²) >= 11 is 11.7. The largest absolute Gasteiger partial charge is 0.467 e. The highest BCUT2D eigenvalue weighted by atomic mass is 35.5. The first-order valence-electron chi connectivity index (χ1n) is 4.33. The Morgan fingerprint density at radius 1 is 1.40 bits per heavy atom. The number of pyridine rings is 1. The van der Waals surface area contributed by atoms with E-state index in [9.17, 15) is 0 Å². The van der Waals surface area contributed by atoms with Crippen molar-refractivity contribution in [2.24, 2.45) is 0 Å². The third kappa shape index (κ3) is 2.64. The van der Waals surface area contributed by atoms with Crippen LogP contribution in [0.2, 0.25) is 10.0 Å². The van der Waals surface area contributed by atoms with E-state index in [-0.39, 0.29) is 0 Å². The topological polar surface area (TPSA) is 38.1 Å². The van der Waals surface area contributed by atoms with Gasteiger partial charge in [0.25, 0.3) is 0 Å². The molecule has 0 aromatic carbocycles. The van der Waals surface area contributed by atoms with E-state index in [2.05, 4.69) is 10.3 Å². The third-order valence-electron chi connectivity index (χ3n) is 1.82. The van der Waals surface area contributed by atoms with E-state index in [0.29, 0.717) is 22.4 Å². The second-order valence-electron chi connectivity index (χ2n) is 2.92. The molecule has 2 aromatic rings. The molecule has 0 saturated carbocycles. The molecule has 0 aliphatic rings. The van der Waals surface area contributed by atoms with Gasteiger partial charge in [0, 0.05) is 6.20 Å². The summed E-state index contributed by atoms with van der Waals surface area (Å²) in [4.78, 5) is 4.06. The molecule has 0 radical (unpaired) electrons. The van der Waals surface area contributed by atoms with E-state index in [0.717, 1.165) is 5.76 Å². The van der Waals surface area contributed by atoms with Crippen LogP contribution in [0.15, 0.2) is 35.1 Å². The van der Waals surface area contributed by atoms with E-state index in [1.807, 2.05) is 12.1 Å². The molecule has 15 heavy (non-hydrogen) atoms. The number of nitrogens with one attached hydrogen (secondary N) is 1. The van der Waals surface area contributed by atoms with Crippen molar-refractivity contribution in [1.29, 1.82) is 0 Å². The maximum Gasteiger partial charge on any atom is 0.145 e. The van der Waals surface area contributed by atoms with Gasteiger partial charge in [-0.3, -0.25) is 0 Å². The molecule has 0 aliphatic carbocycles. The van der Waals surface area contributed by atoms with E-state index >= 15 is 0 Å². The number of hydrogen-bond acceptors (Lipinski definition) is 3. The minimum atomic E-state index is 0.494. The molecular weight excluding hydrogens is 235 g/mol. The first-order valence-corrected chi connectivity index (χ1v) is 5.08. The van der Waals surface area contributed by atoms with Crippen molar-refractivity contribution in [1.82, 2.24) is 4.98 Å². The van der Waals surface area contributed by atoms with Crippen LogP contribution in [0.4, 0.5) is 5.82 Å². The SMILES string of the molecule is Clc1cnc(NCc2ccco2)c(Cl)c1. The highest BCUT2D eigenvalue weighted by molar-refractivity contribution is 6.35. The van der Waals surface area contributed by atoms with Crippen LogP contribution in [-0.4, -0.2) is 4.98 Å². The van der Waals surface area contributed by atoms with Crippen LogP contribution < -0.4 is 5.32 Å². The highest BCUT2D eigenvalue weighted by Gasteiger charge is 2.03. The van der Waals surface area contributed by atoms with Gasteiger partial charge in [0.1, 0.15) is 11.6 Å². The molecule has 0 amide bonds. The Morgan fingerprint density at radius 3 is 2.93 bits per heavy atom. The Hall–Kier alpha value is -1.19. The Kier molecular flexibility index (Phi) is 3.14. The molecule has 0 bridgehead atoms. The Balaban J connectivity index is 2.05. The lowest BCUT2D eigenvalue weighted by atomic mass is 10.4. The molecule has 78 valence electrons. The lowest BCUT2D eigenvalue weighted by molar-refractivity contribution is 0.518. The van der Waals surface area contributed by atoms with Crippen LogP contribution in [0, 0.1) is 0 Å². The number of nitrogens with zero attached hydrogens (tertiary/aromatic N) is 1. The molecule has 2 aromatic heterocycles. The van der Waals surface area contributed by atoms with Gasteiger partial charge in [0.05, 0.1) is 22.9 Å². The second kappa shape index (κ2) is 4.55. The van der Waals surface area contributed by atoms with Gasteiger partial charge in [-0.25, -0.2) is 4.98 Å². The zero-order chi connectivity index (χ0) is 10.7. The molecule has 1 N–H and O–H groups in total. The summed E-state index contributed by atoms with van der Waals surface area (Å²) in [6.07, 6.45) is 3.16. The average molecular weight is 243 g/mol. The van der Waals surface area contributed by atoms with E-state index in [1.54, 1.807) is 12.3 Å². The normalized spacial score (nSPS) is 10.3. The maximum atomic E-state index is 5.93. The fraction of sp³-hybridized carbons (Fsp3) is 0.100. The van der Waals surface area contributed by atoms with E-state index in [1.165, 1.54) is 6.20 Å². The monoisotopic (exact) mass is 242 g/mol. The molecule has 0 saturated heterocycles. The van der Waals surface area contributed by atoms with Crippen molar-refractivity contribution < 1.29 is 4.42 Å². The molecule has 0 spiro atoms. The van der Waals surface area contributed by atoms with Gasteiger partial charge in [-0.2, -0.15) is 0 Å². The summed E-state index contributed by atoms with van der Waals surface area (Å²) < 4.78 is 5.16. The predicted molar refractivity (Wildman–Crippen MR) is 60.3 cm³/mol. The van der Waals surface area contributed by atoms with Gasteiger partial charge in [-0.1, -0.05) is 23.2 Å². The Bertz CT molecular complexity index is 443. The molecular formula is C10H8Cl2N2O. The minimum absolute atomic E-state index is 0.494. The van der Waals surface area contributed by atoms with Crippen molar-refractivity contribution in [3.63, 3.8) is 0 Å². The van der Waals surface area contributed by atoms with Crippen LogP contribution >= 0.6 is 23.2 Å². The summed E-state index contributed by atoms with van der Waals surface area (Å²) in [5, 5.41) is 4.06. The van der Waals surface area contributed by atoms with Gasteiger partial charge < -0.3 is 9.73 Å². The lowest BCUT2D eigenvalue weighted by Gasteiger charge is -2.05. The maximum absolute atomic E-state index is 5.93. The van der Waals surface area contributed by atoms with Gasteiger partial charge in [-0.05, 0) is 18.2 Å². The summed E-state index contributed by atoms with van der Waals surface area (Å²) in [6.45, 7) is 0.543. The molecule has 0 atom stereocenters. The van der Waals surface area contributed by atoms with E-state index in [4.69, 9.17) is 27.6 Å². The van der Waals surface area contributed by atoms with Crippen molar-refractivity contribution in [3.8, 4) is 0 Å². The Morgan fingerprint density at radius 2 is 2.27 bits per heavy atom. The molecule has 0 aliphatic heterocycles. The van der Waals surface area contributed by atoms with Crippen molar-refractivity contribution in [3.05, 3.63) is 46.5 Å². The molecule has 3 nitrogen and oxygen atoms in total. The summed E-state index contributed by atoms with van der Waals surface area (Å²) in [6, 6.07) is 5.34. The van der Waals surface area contributed by atoms with Gasteiger partial charge in [-0.15, -0.1) is 0 Å². The molecule has 0 unspecified atom stereocenters. The van der Waals surface area contributed by atoms with Gasteiger partial charge >= 0.3 is 0 Å². The van der Waals surface area contributed by atoms with Crippen LogP contribution in [0.25, 0.3) is 0 Å². The number of rotatable bonds is 3. The number of halogens is 2. The average Bonchev–Trinajstić information content (AvgIpc) is 2.69. The smallest absolute Gasteiger partial charge is 0.145 e. The minimum Gasteiger partial charge on any atom is -0.467 e. The van der Waals surface area contributed by atoms with Crippen molar-refractivity contribution in [2.75, 3.05) is 5.32 Å². The second-order valence-corrected chi connectivity index (χ2v) is 3.76. The first-order chi connectivity index (χ1) is 7.25. The fourth-order valence-electron chi connectivity index (χ4n) is 1.13. The fourth-order valence-corrected chi connectivity index (χ4v) is 1.58. The van der Waals surface area contributed by atoms with Crippen LogP contribution in [0.5, 0.6) is 0 Å².